The molecule has 1 aromatic carbocycles. The molecule has 0 saturated heterocycles. The average molecular weight is 242 g/mol. The summed E-state index contributed by atoms with van der Waals surface area (Å²) in [7, 11) is 1.94. The van der Waals surface area contributed by atoms with E-state index in [1.54, 1.807) is 6.07 Å². The zero-order valence-corrected chi connectivity index (χ0v) is 9.06. The number of benzene rings is 1. The summed E-state index contributed by atoms with van der Waals surface area (Å²) in [5.74, 6) is 0.376. The van der Waals surface area contributed by atoms with Crippen molar-refractivity contribution in [1.29, 1.82) is 0 Å². The molecule has 3 heteroatoms. The molecule has 2 N–H and O–H groups in total. The predicted molar refractivity (Wildman–Crippen MR) is 55.8 cm³/mol. The Morgan fingerprint density at radius 2 is 2.15 bits per heavy atom. The van der Waals surface area contributed by atoms with Gasteiger partial charge >= 0.3 is 0 Å². The van der Waals surface area contributed by atoms with Crippen LogP contribution in [-0.4, -0.2) is 12.2 Å². The van der Waals surface area contributed by atoms with Gasteiger partial charge < -0.3 is 10.4 Å². The molecular formula is C10H12BrNO. The topological polar surface area (TPSA) is 32.3 Å². The van der Waals surface area contributed by atoms with Crippen molar-refractivity contribution in [3.63, 3.8) is 0 Å². The number of phenols is 1. The molecule has 2 rings (SSSR count). The van der Waals surface area contributed by atoms with Crippen molar-refractivity contribution < 1.29 is 5.11 Å². The van der Waals surface area contributed by atoms with Crippen molar-refractivity contribution in [3.8, 4) is 5.75 Å². The highest BCUT2D eigenvalue weighted by Gasteiger charge is 2.45. The van der Waals surface area contributed by atoms with Gasteiger partial charge in [0.25, 0.3) is 0 Å². The van der Waals surface area contributed by atoms with Gasteiger partial charge in [-0.3, -0.25) is 0 Å². The number of halogens is 1. The van der Waals surface area contributed by atoms with Crippen LogP contribution in [0.15, 0.2) is 22.7 Å². The van der Waals surface area contributed by atoms with Crippen LogP contribution in [0.5, 0.6) is 5.75 Å². The smallest absolute Gasteiger partial charge is 0.121 e. The highest BCUT2D eigenvalue weighted by molar-refractivity contribution is 9.10. The summed E-state index contributed by atoms with van der Waals surface area (Å²) in [6.07, 6.45) is 2.19. The molecule has 0 aromatic heterocycles. The first-order valence-corrected chi connectivity index (χ1v) is 5.16. The minimum absolute atomic E-state index is 0.0180. The van der Waals surface area contributed by atoms with Gasteiger partial charge in [0.15, 0.2) is 0 Å². The van der Waals surface area contributed by atoms with E-state index >= 15 is 0 Å². The summed E-state index contributed by atoms with van der Waals surface area (Å²) in [5, 5.41) is 13.0. The zero-order valence-electron chi connectivity index (χ0n) is 7.47. The van der Waals surface area contributed by atoms with Crippen LogP contribution in [-0.2, 0) is 5.54 Å². The van der Waals surface area contributed by atoms with Crippen LogP contribution in [0.1, 0.15) is 18.4 Å². The summed E-state index contributed by atoms with van der Waals surface area (Å²) in [4.78, 5) is 0. The Morgan fingerprint density at radius 3 is 2.62 bits per heavy atom. The first-order chi connectivity index (χ1) is 6.19. The minimum atomic E-state index is 0.0180. The van der Waals surface area contributed by atoms with E-state index in [1.807, 2.05) is 19.2 Å². The molecule has 70 valence electrons. The molecule has 0 bridgehead atoms. The number of phenolic OH excluding ortho intramolecular Hbond substituents is 1. The third-order valence-corrected chi connectivity index (χ3v) is 3.36. The third-order valence-electron chi connectivity index (χ3n) is 2.70. The lowest BCUT2D eigenvalue weighted by molar-refractivity contribution is 0.448. The molecule has 2 nitrogen and oxygen atoms in total. The van der Waals surface area contributed by atoms with Crippen LogP contribution < -0.4 is 5.32 Å². The van der Waals surface area contributed by atoms with Crippen molar-refractivity contribution in [2.75, 3.05) is 7.05 Å². The second-order valence-electron chi connectivity index (χ2n) is 3.47. The molecule has 0 radical (unpaired) electrons. The lowest BCUT2D eigenvalue weighted by Gasteiger charge is -2.17. The van der Waals surface area contributed by atoms with E-state index < -0.39 is 0 Å². The molecular weight excluding hydrogens is 230 g/mol. The second-order valence-corrected chi connectivity index (χ2v) is 4.32. The van der Waals surface area contributed by atoms with Gasteiger partial charge in [0.2, 0.25) is 0 Å². The molecule has 0 aliphatic heterocycles. The average Bonchev–Trinajstić information content (AvgIpc) is 2.85. The van der Waals surface area contributed by atoms with Crippen molar-refractivity contribution in [2.24, 2.45) is 0 Å². The zero-order chi connectivity index (χ0) is 9.47. The van der Waals surface area contributed by atoms with E-state index in [2.05, 4.69) is 21.2 Å². The Morgan fingerprint density at radius 1 is 1.46 bits per heavy atom. The van der Waals surface area contributed by atoms with Crippen molar-refractivity contribution in [1.82, 2.24) is 5.32 Å². The Bertz CT molecular complexity index is 313. The number of hydrogen-bond donors (Lipinski definition) is 2. The Kier molecular flexibility index (Phi) is 2.08. The van der Waals surface area contributed by atoms with Crippen LogP contribution in [0.2, 0.25) is 0 Å². The second kappa shape index (κ2) is 3.00. The van der Waals surface area contributed by atoms with Crippen LogP contribution in [0.25, 0.3) is 0 Å². The largest absolute Gasteiger partial charge is 0.508 e. The summed E-state index contributed by atoms with van der Waals surface area (Å²) < 4.78 is 0.986. The maximum Gasteiger partial charge on any atom is 0.121 e. The normalized spacial score (nSPS) is 18.6. The van der Waals surface area contributed by atoms with Crippen LogP contribution in [0, 0.1) is 0 Å². The van der Waals surface area contributed by atoms with Gasteiger partial charge in [-0.05, 0) is 32.0 Å². The van der Waals surface area contributed by atoms with E-state index in [-0.39, 0.29) is 5.54 Å². The van der Waals surface area contributed by atoms with Gasteiger partial charge in [0.1, 0.15) is 5.75 Å². The summed E-state index contributed by atoms with van der Waals surface area (Å²) in [6, 6.07) is 5.54. The van der Waals surface area contributed by atoms with Gasteiger partial charge in [-0.15, -0.1) is 0 Å². The Labute approximate surface area is 86.1 Å². The Balaban J connectivity index is 2.50. The SMILES string of the molecule is CNC1(c2c(O)cccc2Br)CC1. The Hall–Kier alpha value is -0.540. The molecule has 13 heavy (non-hydrogen) atoms. The van der Waals surface area contributed by atoms with Gasteiger partial charge in [0.05, 0.1) is 0 Å². The fourth-order valence-electron chi connectivity index (χ4n) is 1.74. The van der Waals surface area contributed by atoms with E-state index in [1.165, 1.54) is 0 Å². The lowest BCUT2D eigenvalue weighted by atomic mass is 10.0. The van der Waals surface area contributed by atoms with Crippen LogP contribution in [0.3, 0.4) is 0 Å². The molecule has 0 atom stereocenters. The predicted octanol–water partition coefficient (Wildman–Crippen LogP) is 2.36. The summed E-state index contributed by atoms with van der Waals surface area (Å²) >= 11 is 3.46. The maximum absolute atomic E-state index is 9.73. The van der Waals surface area contributed by atoms with E-state index in [4.69, 9.17) is 0 Å². The number of nitrogens with one attached hydrogen (secondary N) is 1. The molecule has 1 aliphatic rings. The highest BCUT2D eigenvalue weighted by Crippen LogP contribution is 2.50. The van der Waals surface area contributed by atoms with Gasteiger partial charge in [-0.1, -0.05) is 22.0 Å². The number of hydrogen-bond acceptors (Lipinski definition) is 2. The molecule has 0 heterocycles. The van der Waals surface area contributed by atoms with E-state index in [0.717, 1.165) is 22.9 Å². The van der Waals surface area contributed by atoms with Gasteiger partial charge in [-0.2, -0.15) is 0 Å². The molecule has 1 aromatic rings. The van der Waals surface area contributed by atoms with Gasteiger partial charge in [-0.25, -0.2) is 0 Å². The highest BCUT2D eigenvalue weighted by atomic mass is 79.9. The number of aromatic hydroxyl groups is 1. The van der Waals surface area contributed by atoms with Crippen molar-refractivity contribution in [3.05, 3.63) is 28.2 Å². The monoisotopic (exact) mass is 241 g/mol. The van der Waals surface area contributed by atoms with E-state index in [9.17, 15) is 5.11 Å². The van der Waals surface area contributed by atoms with Crippen molar-refractivity contribution in [2.45, 2.75) is 18.4 Å². The van der Waals surface area contributed by atoms with Crippen molar-refractivity contribution >= 4 is 15.9 Å². The summed E-state index contributed by atoms with van der Waals surface area (Å²) in [5.41, 5.74) is 1.02. The first-order valence-electron chi connectivity index (χ1n) is 4.36. The quantitative estimate of drug-likeness (QED) is 0.834. The molecule has 1 aliphatic carbocycles. The first kappa shape index (κ1) is 9.03. The molecule has 1 saturated carbocycles. The number of rotatable bonds is 2. The molecule has 0 unspecified atom stereocenters. The lowest BCUT2D eigenvalue weighted by Crippen LogP contribution is -2.24. The fourth-order valence-corrected chi connectivity index (χ4v) is 2.47. The minimum Gasteiger partial charge on any atom is -0.508 e. The fraction of sp³-hybridized carbons (Fsp3) is 0.400. The van der Waals surface area contributed by atoms with Gasteiger partial charge in [0, 0.05) is 15.6 Å². The molecule has 1 fully saturated rings. The van der Waals surface area contributed by atoms with E-state index in [0.29, 0.717) is 5.75 Å². The van der Waals surface area contributed by atoms with Crippen LogP contribution in [0.4, 0.5) is 0 Å². The molecule has 0 amide bonds. The maximum atomic E-state index is 9.73. The standard InChI is InChI=1S/C10H12BrNO/c1-12-10(5-6-10)9-7(11)3-2-4-8(9)13/h2-4,12-13H,5-6H2,1H3. The van der Waals surface area contributed by atoms with Crippen LogP contribution >= 0.6 is 15.9 Å². The molecule has 0 spiro atoms. The third kappa shape index (κ3) is 1.36. The summed E-state index contributed by atoms with van der Waals surface area (Å²) in [6.45, 7) is 0.